The van der Waals surface area contributed by atoms with Crippen LogP contribution in [0.25, 0.3) is 15.9 Å². The molecule has 0 saturated carbocycles. The molecule has 2 aliphatic heterocycles. The quantitative estimate of drug-likeness (QED) is 0.525. The lowest BCUT2D eigenvalue weighted by molar-refractivity contribution is -0.286. The summed E-state index contributed by atoms with van der Waals surface area (Å²) in [4.78, 5) is 29.2. The maximum atomic E-state index is 13.4. The molecule has 0 N–H and O–H groups in total. The Labute approximate surface area is 200 Å². The Kier molecular flexibility index (Phi) is 5.56. The van der Waals surface area contributed by atoms with E-state index in [9.17, 15) is 13.6 Å². The second-order valence-corrected chi connectivity index (χ2v) is 8.87. The number of hydrogen-bond donors (Lipinski definition) is 0. The van der Waals surface area contributed by atoms with Gasteiger partial charge >= 0.3 is 12.0 Å². The van der Waals surface area contributed by atoms with Gasteiger partial charge in [-0.05, 0) is 43.2 Å². The van der Waals surface area contributed by atoms with E-state index in [1.807, 2.05) is 6.92 Å². The van der Waals surface area contributed by atoms with Gasteiger partial charge in [0.05, 0.1) is 5.52 Å². The van der Waals surface area contributed by atoms with E-state index in [0.717, 1.165) is 12.0 Å². The molecule has 0 spiro atoms. The van der Waals surface area contributed by atoms with Gasteiger partial charge in [0.25, 0.3) is 5.82 Å². The van der Waals surface area contributed by atoms with Crippen molar-refractivity contribution in [1.29, 1.82) is 0 Å². The standard InChI is InChI=1S/C24H24F2N6O3/c1-5-16-13-32(22-21-17(30(4)23(33)29-22)7-9-20(27-3)28-21)14(2)11-31(16)12-15-6-8-18-19(10-15)35-24(25,26)34-18/h6-10,14,16H,5,11-13H2,1-2,4H3/t14-,16+/m0/s1. The number of rotatable bonds is 4. The van der Waals surface area contributed by atoms with Crippen LogP contribution >= 0.6 is 0 Å². The van der Waals surface area contributed by atoms with Gasteiger partial charge < -0.3 is 19.2 Å². The fourth-order valence-electron chi connectivity index (χ4n) is 4.77. The molecule has 1 aromatic carbocycles. The van der Waals surface area contributed by atoms with Crippen LogP contribution in [0.3, 0.4) is 0 Å². The van der Waals surface area contributed by atoms with Crippen LogP contribution in [0, 0.1) is 6.57 Å². The summed E-state index contributed by atoms with van der Waals surface area (Å²) in [6.07, 6.45) is -2.81. The highest BCUT2D eigenvalue weighted by atomic mass is 19.3. The van der Waals surface area contributed by atoms with Crippen molar-refractivity contribution in [2.75, 3.05) is 18.0 Å². The number of anilines is 1. The molecule has 0 bridgehead atoms. The van der Waals surface area contributed by atoms with Crippen LogP contribution in [0.1, 0.15) is 25.8 Å². The van der Waals surface area contributed by atoms with E-state index in [-0.39, 0.29) is 35.1 Å². The Balaban J connectivity index is 1.43. The maximum absolute atomic E-state index is 13.4. The second-order valence-electron chi connectivity index (χ2n) is 8.87. The van der Waals surface area contributed by atoms with Crippen molar-refractivity contribution < 1.29 is 18.3 Å². The van der Waals surface area contributed by atoms with Crippen molar-refractivity contribution in [2.24, 2.45) is 7.05 Å². The molecule has 11 heteroatoms. The van der Waals surface area contributed by atoms with Gasteiger partial charge in [0.1, 0.15) is 0 Å². The van der Waals surface area contributed by atoms with Crippen molar-refractivity contribution in [3.63, 3.8) is 0 Å². The van der Waals surface area contributed by atoms with Crippen LogP contribution in [0.15, 0.2) is 35.1 Å². The third kappa shape index (κ3) is 4.14. The maximum Gasteiger partial charge on any atom is 0.586 e. The number of piperazine rings is 1. The third-order valence-corrected chi connectivity index (χ3v) is 6.58. The van der Waals surface area contributed by atoms with Gasteiger partial charge in [-0.3, -0.25) is 9.47 Å². The highest BCUT2D eigenvalue weighted by molar-refractivity contribution is 5.87. The highest BCUT2D eigenvalue weighted by Gasteiger charge is 2.43. The minimum Gasteiger partial charge on any atom is -0.395 e. The first-order chi connectivity index (χ1) is 16.7. The molecule has 0 aliphatic carbocycles. The average Bonchev–Trinajstić information content (AvgIpc) is 3.14. The summed E-state index contributed by atoms with van der Waals surface area (Å²) < 4.78 is 37.3. The molecule has 0 unspecified atom stereocenters. The molecule has 0 amide bonds. The molecule has 2 atom stereocenters. The smallest absolute Gasteiger partial charge is 0.395 e. The van der Waals surface area contributed by atoms with Gasteiger partial charge in [-0.2, -0.15) is 4.98 Å². The summed E-state index contributed by atoms with van der Waals surface area (Å²) in [6.45, 7) is 13.3. The predicted octanol–water partition coefficient (Wildman–Crippen LogP) is 3.69. The third-order valence-electron chi connectivity index (χ3n) is 6.58. The zero-order chi connectivity index (χ0) is 24.9. The monoisotopic (exact) mass is 482 g/mol. The average molecular weight is 482 g/mol. The number of ether oxygens (including phenoxy) is 2. The van der Waals surface area contributed by atoms with Crippen LogP contribution in [0.2, 0.25) is 0 Å². The van der Waals surface area contributed by atoms with Crippen LogP contribution < -0.4 is 20.1 Å². The Morgan fingerprint density at radius 1 is 1.17 bits per heavy atom. The van der Waals surface area contributed by atoms with Gasteiger partial charge in [0, 0.05) is 38.8 Å². The summed E-state index contributed by atoms with van der Waals surface area (Å²) in [6, 6.07) is 8.27. The first-order valence-electron chi connectivity index (χ1n) is 11.3. The predicted molar refractivity (Wildman–Crippen MR) is 125 cm³/mol. The van der Waals surface area contributed by atoms with Crippen LogP contribution in [-0.4, -0.2) is 50.9 Å². The minimum atomic E-state index is -3.64. The summed E-state index contributed by atoms with van der Waals surface area (Å²) >= 11 is 0. The van der Waals surface area contributed by atoms with E-state index in [2.05, 4.69) is 41.0 Å². The lowest BCUT2D eigenvalue weighted by Crippen LogP contribution is -2.57. The van der Waals surface area contributed by atoms with E-state index in [1.165, 1.54) is 10.6 Å². The summed E-state index contributed by atoms with van der Waals surface area (Å²) in [5.74, 6) is 0.777. The zero-order valence-corrected chi connectivity index (χ0v) is 19.5. The Hall–Kier alpha value is -3.78. The fourth-order valence-corrected chi connectivity index (χ4v) is 4.77. The number of aromatic nitrogens is 3. The number of nitrogens with zero attached hydrogens (tertiary/aromatic N) is 6. The van der Waals surface area contributed by atoms with E-state index in [1.54, 1.807) is 31.3 Å². The lowest BCUT2D eigenvalue weighted by atomic mass is 10.0. The van der Waals surface area contributed by atoms with E-state index in [0.29, 0.717) is 36.5 Å². The first-order valence-corrected chi connectivity index (χ1v) is 11.3. The zero-order valence-electron chi connectivity index (χ0n) is 19.5. The minimum absolute atomic E-state index is 0.0163. The highest BCUT2D eigenvalue weighted by Crippen LogP contribution is 2.41. The number of aryl methyl sites for hydroxylation is 1. The normalized spacial score (nSPS) is 21.3. The molecule has 2 aromatic heterocycles. The first kappa shape index (κ1) is 23.0. The van der Waals surface area contributed by atoms with Gasteiger partial charge in [-0.15, -0.1) is 13.8 Å². The number of alkyl halides is 2. The Bertz CT molecular complexity index is 1400. The van der Waals surface area contributed by atoms with Crippen molar-refractivity contribution in [3.8, 4) is 11.5 Å². The molecule has 182 valence electrons. The van der Waals surface area contributed by atoms with Gasteiger partial charge in [0.15, 0.2) is 17.3 Å². The fraction of sp³-hybridized carbons (Fsp3) is 0.417. The molecule has 5 rings (SSSR count). The topological polar surface area (TPSA) is 77.1 Å². The number of fused-ring (bicyclic) bond motifs is 2. The number of hydrogen-bond acceptors (Lipinski definition) is 7. The Morgan fingerprint density at radius 2 is 1.94 bits per heavy atom. The molecule has 35 heavy (non-hydrogen) atoms. The van der Waals surface area contributed by atoms with Crippen molar-refractivity contribution in [2.45, 2.75) is 45.2 Å². The molecule has 2 aliphatic rings. The molecule has 9 nitrogen and oxygen atoms in total. The molecule has 1 saturated heterocycles. The van der Waals surface area contributed by atoms with Crippen molar-refractivity contribution in [1.82, 2.24) is 19.4 Å². The summed E-state index contributed by atoms with van der Waals surface area (Å²) in [5, 5.41) is 0. The van der Waals surface area contributed by atoms with Crippen molar-refractivity contribution in [3.05, 3.63) is 57.8 Å². The SMILES string of the molecule is [C-]#[N+]c1ccc2c(n1)c(N1C[C@@H](CC)N(Cc3ccc4c(c3)OC(F)(F)O4)C[C@@H]1C)nc(=O)n2C. The Morgan fingerprint density at radius 3 is 2.69 bits per heavy atom. The van der Waals surface area contributed by atoms with Gasteiger partial charge in [-0.1, -0.05) is 19.6 Å². The molecule has 3 aromatic rings. The molecular formula is C24H24F2N6O3. The second kappa shape index (κ2) is 8.46. The molecular weight excluding hydrogens is 458 g/mol. The van der Waals surface area contributed by atoms with Gasteiger partial charge in [0.2, 0.25) is 5.52 Å². The molecule has 0 radical (unpaired) electrons. The summed E-state index contributed by atoms with van der Waals surface area (Å²) in [5.41, 5.74) is 1.59. The number of benzene rings is 1. The molecule has 4 heterocycles. The number of pyridine rings is 1. The van der Waals surface area contributed by atoms with Crippen molar-refractivity contribution >= 4 is 22.7 Å². The van der Waals surface area contributed by atoms with Gasteiger partial charge in [-0.25, -0.2) is 4.79 Å². The van der Waals surface area contributed by atoms with Crippen LogP contribution in [0.5, 0.6) is 11.5 Å². The number of halogens is 2. The summed E-state index contributed by atoms with van der Waals surface area (Å²) in [7, 11) is 1.64. The van der Waals surface area contributed by atoms with E-state index in [4.69, 9.17) is 6.57 Å². The van der Waals surface area contributed by atoms with E-state index < -0.39 is 6.29 Å². The van der Waals surface area contributed by atoms with E-state index >= 15 is 0 Å². The lowest BCUT2D eigenvalue weighted by Gasteiger charge is -2.45. The van der Waals surface area contributed by atoms with Crippen LogP contribution in [-0.2, 0) is 13.6 Å². The molecule has 1 fully saturated rings. The largest absolute Gasteiger partial charge is 0.586 e. The van der Waals surface area contributed by atoms with Crippen LogP contribution in [0.4, 0.5) is 20.4 Å².